The lowest BCUT2D eigenvalue weighted by molar-refractivity contribution is 0.0123. The van der Waals surface area contributed by atoms with Gasteiger partial charge in [0.15, 0.2) is 0 Å². The number of ether oxygens (including phenoxy) is 2. The van der Waals surface area contributed by atoms with Gasteiger partial charge in [0.2, 0.25) is 0 Å². The van der Waals surface area contributed by atoms with Crippen LogP contribution in [0.3, 0.4) is 0 Å². The van der Waals surface area contributed by atoms with E-state index in [4.69, 9.17) is 9.47 Å². The molecule has 1 amide bonds. The Hall–Kier alpha value is -2.78. The minimum absolute atomic E-state index is 0.184. The van der Waals surface area contributed by atoms with Crippen LogP contribution in [0.2, 0.25) is 0 Å². The van der Waals surface area contributed by atoms with Crippen LogP contribution < -0.4 is 0 Å². The third-order valence-electron chi connectivity index (χ3n) is 5.07. The van der Waals surface area contributed by atoms with Gasteiger partial charge in [-0.25, -0.2) is 9.48 Å². The number of halogens is 1. The Morgan fingerprint density at radius 1 is 1.19 bits per heavy atom. The van der Waals surface area contributed by atoms with Crippen molar-refractivity contribution in [3.8, 4) is 11.3 Å². The summed E-state index contributed by atoms with van der Waals surface area (Å²) in [7, 11) is 0. The summed E-state index contributed by atoms with van der Waals surface area (Å²) in [6.45, 7) is 6.85. The van der Waals surface area contributed by atoms with Gasteiger partial charge in [0, 0.05) is 29.0 Å². The Balaban J connectivity index is 1.53. The molecular weight excluding hydrogens is 474 g/mol. The molecule has 2 aromatic heterocycles. The average Bonchev–Trinajstić information content (AvgIpc) is 3.40. The first-order chi connectivity index (χ1) is 15.3. The van der Waals surface area contributed by atoms with E-state index in [9.17, 15) is 4.79 Å². The Morgan fingerprint density at radius 2 is 1.97 bits per heavy atom. The van der Waals surface area contributed by atoms with Crippen LogP contribution >= 0.6 is 15.9 Å². The van der Waals surface area contributed by atoms with Gasteiger partial charge in [0.1, 0.15) is 11.3 Å². The first-order valence-electron chi connectivity index (χ1n) is 10.4. The molecular formula is C23H26BrN5O3. The fraction of sp³-hybridized carbons (Fsp3) is 0.391. The van der Waals surface area contributed by atoms with Crippen LogP contribution in [0.15, 0.2) is 59.5 Å². The van der Waals surface area contributed by atoms with Gasteiger partial charge in [-0.05, 0) is 50.6 Å². The summed E-state index contributed by atoms with van der Waals surface area (Å²) in [4.78, 5) is 18.5. The molecule has 1 aliphatic rings. The average molecular weight is 500 g/mol. The molecule has 0 aliphatic carbocycles. The van der Waals surface area contributed by atoms with Crippen LogP contribution in [0.5, 0.6) is 0 Å². The van der Waals surface area contributed by atoms with Gasteiger partial charge in [0.25, 0.3) is 0 Å². The number of amides is 1. The second kappa shape index (κ2) is 9.38. The lowest BCUT2D eigenvalue weighted by atomic mass is 10.2. The highest BCUT2D eigenvalue weighted by Crippen LogP contribution is 2.28. The normalized spacial score (nSPS) is 18.7. The number of rotatable bonds is 5. The first-order valence-corrected chi connectivity index (χ1v) is 11.2. The fourth-order valence-electron chi connectivity index (χ4n) is 3.52. The smallest absolute Gasteiger partial charge is 0.410 e. The highest BCUT2D eigenvalue weighted by molar-refractivity contribution is 9.10. The number of hydrogen-bond acceptors (Lipinski definition) is 6. The van der Waals surface area contributed by atoms with E-state index in [1.54, 1.807) is 22.0 Å². The molecule has 3 heterocycles. The second-order valence-electron chi connectivity index (χ2n) is 8.75. The SMILES string of the molecule is CC(C)(C)OC(=O)N1C[C@@H](n2cc(-c3cccnc3)nn2)[C@H](OCc2ccc(Br)cc2)C1. The van der Waals surface area contributed by atoms with Crippen LogP contribution in [0.25, 0.3) is 11.3 Å². The molecule has 1 aromatic carbocycles. The molecule has 2 atom stereocenters. The molecule has 168 valence electrons. The van der Waals surface area contributed by atoms with Crippen molar-refractivity contribution in [2.45, 2.75) is 45.1 Å². The number of aromatic nitrogens is 4. The third-order valence-corrected chi connectivity index (χ3v) is 5.60. The maximum atomic E-state index is 12.7. The largest absolute Gasteiger partial charge is 0.444 e. The van der Waals surface area contributed by atoms with Gasteiger partial charge in [-0.15, -0.1) is 5.10 Å². The van der Waals surface area contributed by atoms with E-state index in [-0.39, 0.29) is 18.2 Å². The lowest BCUT2D eigenvalue weighted by Gasteiger charge is -2.24. The van der Waals surface area contributed by atoms with Gasteiger partial charge in [-0.3, -0.25) is 4.98 Å². The predicted molar refractivity (Wildman–Crippen MR) is 123 cm³/mol. The maximum absolute atomic E-state index is 12.7. The molecule has 1 fully saturated rings. The zero-order valence-corrected chi connectivity index (χ0v) is 19.9. The number of benzene rings is 1. The Kier molecular flexibility index (Phi) is 6.57. The van der Waals surface area contributed by atoms with Gasteiger partial charge < -0.3 is 14.4 Å². The Bertz CT molecular complexity index is 1050. The molecule has 1 aliphatic heterocycles. The number of hydrogen-bond donors (Lipinski definition) is 0. The van der Waals surface area contributed by atoms with Crippen molar-refractivity contribution < 1.29 is 14.3 Å². The van der Waals surface area contributed by atoms with Gasteiger partial charge in [-0.1, -0.05) is 33.3 Å². The van der Waals surface area contributed by atoms with Crippen molar-refractivity contribution in [1.82, 2.24) is 24.9 Å². The number of carbonyl (C=O) groups excluding carboxylic acids is 1. The summed E-state index contributed by atoms with van der Waals surface area (Å²) < 4.78 is 14.6. The van der Waals surface area contributed by atoms with Crippen LogP contribution in [-0.4, -0.2) is 55.8 Å². The molecule has 0 unspecified atom stereocenters. The van der Waals surface area contributed by atoms with E-state index < -0.39 is 5.60 Å². The lowest BCUT2D eigenvalue weighted by Crippen LogP contribution is -2.36. The van der Waals surface area contributed by atoms with E-state index >= 15 is 0 Å². The number of pyridine rings is 1. The van der Waals surface area contributed by atoms with E-state index in [0.29, 0.717) is 19.7 Å². The third kappa shape index (κ3) is 5.52. The minimum Gasteiger partial charge on any atom is -0.444 e. The zero-order chi connectivity index (χ0) is 22.7. The van der Waals surface area contributed by atoms with Gasteiger partial charge in [0.05, 0.1) is 31.5 Å². The van der Waals surface area contributed by atoms with Crippen LogP contribution in [0.1, 0.15) is 32.4 Å². The molecule has 8 nitrogen and oxygen atoms in total. The minimum atomic E-state index is -0.566. The topological polar surface area (TPSA) is 82.4 Å². The summed E-state index contributed by atoms with van der Waals surface area (Å²) in [5.41, 5.74) is 2.09. The van der Waals surface area contributed by atoms with Crippen molar-refractivity contribution >= 4 is 22.0 Å². The molecule has 0 bridgehead atoms. The molecule has 3 aromatic rings. The highest BCUT2D eigenvalue weighted by atomic mass is 79.9. The molecule has 9 heteroatoms. The standard InChI is InChI=1S/C23H26BrN5O3/c1-23(2,3)32-22(30)28-13-20(21(14-28)31-15-16-6-8-18(24)9-7-16)29-12-19(26-27-29)17-5-4-10-25-11-17/h4-12,20-21H,13-15H2,1-3H3/t20-,21-/m1/s1. The summed E-state index contributed by atoms with van der Waals surface area (Å²) >= 11 is 3.45. The van der Waals surface area contributed by atoms with E-state index in [1.165, 1.54) is 0 Å². The highest BCUT2D eigenvalue weighted by Gasteiger charge is 2.39. The summed E-state index contributed by atoms with van der Waals surface area (Å²) in [6, 6.07) is 11.6. The van der Waals surface area contributed by atoms with E-state index in [0.717, 1.165) is 21.3 Å². The second-order valence-corrected chi connectivity index (χ2v) is 9.67. The monoisotopic (exact) mass is 499 g/mol. The van der Waals surface area contributed by atoms with Gasteiger partial charge in [-0.2, -0.15) is 0 Å². The molecule has 0 spiro atoms. The fourth-order valence-corrected chi connectivity index (χ4v) is 3.78. The summed E-state index contributed by atoms with van der Waals surface area (Å²) in [5.74, 6) is 0. The number of carbonyl (C=O) groups is 1. The summed E-state index contributed by atoms with van der Waals surface area (Å²) in [5, 5.41) is 8.63. The van der Waals surface area contributed by atoms with Crippen molar-refractivity contribution in [2.75, 3.05) is 13.1 Å². The van der Waals surface area contributed by atoms with Gasteiger partial charge >= 0.3 is 6.09 Å². The number of nitrogens with zero attached hydrogens (tertiary/aromatic N) is 5. The van der Waals surface area contributed by atoms with Crippen molar-refractivity contribution in [3.63, 3.8) is 0 Å². The molecule has 1 saturated heterocycles. The predicted octanol–water partition coefficient (Wildman–Crippen LogP) is 4.48. The molecule has 32 heavy (non-hydrogen) atoms. The van der Waals surface area contributed by atoms with Crippen LogP contribution in [-0.2, 0) is 16.1 Å². The first kappa shape index (κ1) is 22.4. The maximum Gasteiger partial charge on any atom is 0.410 e. The molecule has 0 saturated carbocycles. The van der Waals surface area contributed by atoms with Crippen LogP contribution in [0, 0.1) is 0 Å². The van der Waals surface area contributed by atoms with Crippen LogP contribution in [0.4, 0.5) is 4.79 Å². The van der Waals surface area contributed by atoms with E-state index in [2.05, 4.69) is 31.2 Å². The number of likely N-dealkylation sites (tertiary alicyclic amines) is 1. The zero-order valence-electron chi connectivity index (χ0n) is 18.3. The Morgan fingerprint density at radius 3 is 2.66 bits per heavy atom. The van der Waals surface area contributed by atoms with Crippen molar-refractivity contribution in [1.29, 1.82) is 0 Å². The molecule has 4 rings (SSSR count). The quantitative estimate of drug-likeness (QED) is 0.514. The molecule has 0 N–H and O–H groups in total. The van der Waals surface area contributed by atoms with Crippen molar-refractivity contribution in [3.05, 3.63) is 65.0 Å². The Labute approximate surface area is 195 Å². The van der Waals surface area contributed by atoms with E-state index in [1.807, 2.05) is 63.4 Å². The van der Waals surface area contributed by atoms with Crippen molar-refractivity contribution in [2.24, 2.45) is 0 Å². The summed E-state index contributed by atoms with van der Waals surface area (Å²) in [6.07, 6.45) is 4.73. The molecule has 0 radical (unpaired) electrons.